The highest BCUT2D eigenvalue weighted by Gasteiger charge is 2.20. The van der Waals surface area contributed by atoms with Gasteiger partial charge in [-0.2, -0.15) is 0 Å². The minimum atomic E-state index is -0.376. The zero-order valence-corrected chi connectivity index (χ0v) is 11.8. The largest absolute Gasteiger partial charge is 0.314 e. The molecule has 1 aliphatic heterocycles. The monoisotopic (exact) mass is 298 g/mol. The van der Waals surface area contributed by atoms with E-state index in [1.807, 2.05) is 6.92 Å². The Bertz CT molecular complexity index is 371. The number of rotatable bonds is 2. The summed E-state index contributed by atoms with van der Waals surface area (Å²) in [7, 11) is 0. The minimum absolute atomic E-state index is 0. The van der Waals surface area contributed by atoms with Crippen molar-refractivity contribution in [2.45, 2.75) is 13.0 Å². The van der Waals surface area contributed by atoms with E-state index in [9.17, 15) is 8.78 Å². The Kier molecular flexibility index (Phi) is 7.71. The molecule has 0 saturated carbocycles. The van der Waals surface area contributed by atoms with Crippen LogP contribution in [0.25, 0.3) is 0 Å². The van der Waals surface area contributed by atoms with Crippen molar-refractivity contribution < 1.29 is 8.78 Å². The molecule has 1 saturated heterocycles. The molecule has 1 aromatic rings. The maximum atomic E-state index is 13.6. The SMILES string of the molecule is C[C@H](c1cc(F)ccc1F)N1CCNCC1.Cl.Cl. The topological polar surface area (TPSA) is 15.3 Å². The number of halogens is 4. The van der Waals surface area contributed by atoms with E-state index in [1.165, 1.54) is 12.1 Å². The summed E-state index contributed by atoms with van der Waals surface area (Å²) < 4.78 is 26.6. The van der Waals surface area contributed by atoms with Gasteiger partial charge in [-0.25, -0.2) is 8.78 Å². The van der Waals surface area contributed by atoms with Gasteiger partial charge in [-0.3, -0.25) is 4.90 Å². The Balaban J connectivity index is 0.00000144. The lowest BCUT2D eigenvalue weighted by Crippen LogP contribution is -2.44. The summed E-state index contributed by atoms with van der Waals surface area (Å²) in [6.07, 6.45) is 0. The van der Waals surface area contributed by atoms with E-state index in [-0.39, 0.29) is 42.5 Å². The van der Waals surface area contributed by atoms with Crippen molar-refractivity contribution in [2.24, 2.45) is 0 Å². The smallest absolute Gasteiger partial charge is 0.128 e. The van der Waals surface area contributed by atoms with Gasteiger partial charge in [0.05, 0.1) is 0 Å². The second-order valence-corrected chi connectivity index (χ2v) is 4.13. The molecule has 0 spiro atoms. The molecule has 1 N–H and O–H groups in total. The highest BCUT2D eigenvalue weighted by Crippen LogP contribution is 2.23. The fourth-order valence-corrected chi connectivity index (χ4v) is 2.10. The van der Waals surface area contributed by atoms with Gasteiger partial charge in [-0.15, -0.1) is 24.8 Å². The highest BCUT2D eigenvalue weighted by atomic mass is 35.5. The quantitative estimate of drug-likeness (QED) is 0.903. The van der Waals surface area contributed by atoms with Crippen LogP contribution in [-0.4, -0.2) is 31.1 Å². The average Bonchev–Trinajstić information content (AvgIpc) is 2.32. The summed E-state index contributed by atoms with van der Waals surface area (Å²) in [5, 5.41) is 3.24. The molecule has 0 amide bonds. The number of nitrogens with zero attached hydrogens (tertiary/aromatic N) is 1. The van der Waals surface area contributed by atoms with Gasteiger partial charge in [0.2, 0.25) is 0 Å². The molecule has 1 atom stereocenters. The van der Waals surface area contributed by atoms with Crippen LogP contribution in [0.4, 0.5) is 8.78 Å². The summed E-state index contributed by atoms with van der Waals surface area (Å²) >= 11 is 0. The second kappa shape index (κ2) is 7.89. The fourth-order valence-electron chi connectivity index (χ4n) is 2.10. The Morgan fingerprint density at radius 3 is 2.39 bits per heavy atom. The Hall–Kier alpha value is -0.420. The van der Waals surface area contributed by atoms with Gasteiger partial charge >= 0.3 is 0 Å². The third kappa shape index (κ3) is 4.05. The summed E-state index contributed by atoms with van der Waals surface area (Å²) in [4.78, 5) is 2.16. The maximum absolute atomic E-state index is 13.6. The van der Waals surface area contributed by atoms with Crippen molar-refractivity contribution in [3.8, 4) is 0 Å². The van der Waals surface area contributed by atoms with Crippen LogP contribution >= 0.6 is 24.8 Å². The number of hydrogen-bond acceptors (Lipinski definition) is 2. The summed E-state index contributed by atoms with van der Waals surface area (Å²) in [5.41, 5.74) is 0.446. The molecule has 1 fully saturated rings. The summed E-state index contributed by atoms with van der Waals surface area (Å²) in [5.74, 6) is -0.703. The molecule has 0 aliphatic carbocycles. The Morgan fingerprint density at radius 2 is 1.78 bits per heavy atom. The number of piperazine rings is 1. The van der Waals surface area contributed by atoms with Crippen molar-refractivity contribution in [2.75, 3.05) is 26.2 Å². The van der Waals surface area contributed by atoms with Crippen molar-refractivity contribution >= 4 is 24.8 Å². The number of hydrogen-bond donors (Lipinski definition) is 1. The van der Waals surface area contributed by atoms with E-state index in [0.29, 0.717) is 5.56 Å². The van der Waals surface area contributed by atoms with Crippen LogP contribution in [0.3, 0.4) is 0 Å². The van der Waals surface area contributed by atoms with Gasteiger partial charge in [0.25, 0.3) is 0 Å². The van der Waals surface area contributed by atoms with Crippen LogP contribution in [-0.2, 0) is 0 Å². The predicted molar refractivity (Wildman–Crippen MR) is 73.7 cm³/mol. The molecule has 18 heavy (non-hydrogen) atoms. The third-order valence-corrected chi connectivity index (χ3v) is 3.11. The molecule has 0 unspecified atom stereocenters. The van der Waals surface area contributed by atoms with Gasteiger partial charge < -0.3 is 5.32 Å². The Labute approximate surface area is 119 Å². The molecule has 6 heteroatoms. The molecule has 0 bridgehead atoms. The predicted octanol–water partition coefficient (Wildman–Crippen LogP) is 2.77. The molecule has 2 rings (SSSR count). The zero-order chi connectivity index (χ0) is 11.5. The molecule has 1 aliphatic rings. The summed E-state index contributed by atoms with van der Waals surface area (Å²) in [6, 6.07) is 3.58. The van der Waals surface area contributed by atoms with Crippen LogP contribution in [0.15, 0.2) is 18.2 Å². The third-order valence-electron chi connectivity index (χ3n) is 3.11. The normalized spacial score (nSPS) is 17.5. The van der Waals surface area contributed by atoms with E-state index in [2.05, 4.69) is 10.2 Å². The van der Waals surface area contributed by atoms with Crippen LogP contribution in [0.5, 0.6) is 0 Å². The highest BCUT2D eigenvalue weighted by molar-refractivity contribution is 5.85. The standard InChI is InChI=1S/C12H16F2N2.2ClH/c1-9(16-6-4-15-5-7-16)11-8-10(13)2-3-12(11)14;;/h2-3,8-9,15H,4-7H2,1H3;2*1H/t9-;;/m1../s1. The molecular formula is C12H18Cl2F2N2. The molecule has 1 aromatic carbocycles. The lowest BCUT2D eigenvalue weighted by Gasteiger charge is -2.33. The van der Waals surface area contributed by atoms with Gasteiger partial charge in [-0.1, -0.05) is 0 Å². The number of nitrogens with one attached hydrogen (secondary N) is 1. The van der Waals surface area contributed by atoms with Gasteiger partial charge in [0.15, 0.2) is 0 Å². The first kappa shape index (κ1) is 17.6. The fraction of sp³-hybridized carbons (Fsp3) is 0.500. The lowest BCUT2D eigenvalue weighted by atomic mass is 10.1. The van der Waals surface area contributed by atoms with Gasteiger partial charge in [-0.05, 0) is 25.1 Å². The van der Waals surface area contributed by atoms with E-state index in [4.69, 9.17) is 0 Å². The van der Waals surface area contributed by atoms with Crippen LogP contribution in [0, 0.1) is 11.6 Å². The van der Waals surface area contributed by atoms with Crippen molar-refractivity contribution in [3.05, 3.63) is 35.4 Å². The average molecular weight is 299 g/mol. The van der Waals surface area contributed by atoms with Crippen molar-refractivity contribution in [1.82, 2.24) is 10.2 Å². The minimum Gasteiger partial charge on any atom is -0.314 e. The van der Waals surface area contributed by atoms with E-state index >= 15 is 0 Å². The molecule has 104 valence electrons. The zero-order valence-electron chi connectivity index (χ0n) is 10.2. The van der Waals surface area contributed by atoms with Crippen LogP contribution in [0.1, 0.15) is 18.5 Å². The summed E-state index contributed by atoms with van der Waals surface area (Å²) in [6.45, 7) is 5.47. The van der Waals surface area contributed by atoms with Crippen molar-refractivity contribution in [3.63, 3.8) is 0 Å². The first-order chi connectivity index (χ1) is 7.68. The lowest BCUT2D eigenvalue weighted by molar-refractivity contribution is 0.182. The van der Waals surface area contributed by atoms with Gasteiger partial charge in [0, 0.05) is 37.8 Å². The van der Waals surface area contributed by atoms with Crippen LogP contribution < -0.4 is 5.32 Å². The van der Waals surface area contributed by atoms with Crippen molar-refractivity contribution in [1.29, 1.82) is 0 Å². The van der Waals surface area contributed by atoms with Gasteiger partial charge in [0.1, 0.15) is 11.6 Å². The second-order valence-electron chi connectivity index (χ2n) is 4.13. The first-order valence-electron chi connectivity index (χ1n) is 5.58. The molecular weight excluding hydrogens is 281 g/mol. The molecule has 0 aromatic heterocycles. The van der Waals surface area contributed by atoms with E-state index in [1.54, 1.807) is 0 Å². The van der Waals surface area contributed by atoms with Crippen LogP contribution in [0.2, 0.25) is 0 Å². The first-order valence-corrected chi connectivity index (χ1v) is 5.58. The molecule has 0 radical (unpaired) electrons. The maximum Gasteiger partial charge on any atom is 0.128 e. The molecule has 2 nitrogen and oxygen atoms in total. The molecule has 1 heterocycles. The number of benzene rings is 1. The van der Waals surface area contributed by atoms with E-state index in [0.717, 1.165) is 32.2 Å². The van der Waals surface area contributed by atoms with E-state index < -0.39 is 0 Å². The Morgan fingerprint density at radius 1 is 1.17 bits per heavy atom.